The van der Waals surface area contributed by atoms with Gasteiger partial charge in [-0.2, -0.15) is 0 Å². The van der Waals surface area contributed by atoms with Gasteiger partial charge in [-0.05, 0) is 89.0 Å². The fourth-order valence-corrected chi connectivity index (χ4v) is 4.79. The van der Waals surface area contributed by atoms with Crippen molar-refractivity contribution in [2.24, 2.45) is 0 Å². The molecule has 0 aliphatic carbocycles. The highest BCUT2D eigenvalue weighted by Crippen LogP contribution is 2.32. The average molecular weight is 358 g/mol. The van der Waals surface area contributed by atoms with Gasteiger partial charge in [0.25, 0.3) is 0 Å². The molecule has 0 amide bonds. The quantitative estimate of drug-likeness (QED) is 0.290. The van der Waals surface area contributed by atoms with Gasteiger partial charge < -0.3 is 0 Å². The molecule has 0 N–H and O–H groups in total. The van der Waals surface area contributed by atoms with Crippen LogP contribution in [0, 0.1) is 19.7 Å². The van der Waals surface area contributed by atoms with Crippen LogP contribution in [0.1, 0.15) is 11.1 Å². The number of rotatable bonds is 0. The third-order valence-electron chi connectivity index (χ3n) is 5.16. The molecule has 0 spiro atoms. The summed E-state index contributed by atoms with van der Waals surface area (Å²) >= 11 is 1.54. The van der Waals surface area contributed by atoms with Gasteiger partial charge in [0.1, 0.15) is 5.82 Å². The van der Waals surface area contributed by atoms with Crippen molar-refractivity contribution in [3.8, 4) is 0 Å². The van der Waals surface area contributed by atoms with Crippen LogP contribution < -0.4 is 5.43 Å². The molecule has 0 saturated heterocycles. The molecule has 1 nitrogen and oxygen atoms in total. The predicted octanol–water partition coefficient (Wildman–Crippen LogP) is 6.48. The Hall–Kier alpha value is -2.78. The molecule has 0 radical (unpaired) electrons. The second-order valence-corrected chi connectivity index (χ2v) is 7.95. The maximum atomic E-state index is 13.6. The molecule has 0 fully saturated rings. The third-order valence-corrected chi connectivity index (χ3v) is 6.29. The van der Waals surface area contributed by atoms with Gasteiger partial charge in [0.05, 0.1) is 0 Å². The summed E-state index contributed by atoms with van der Waals surface area (Å²) in [6.07, 6.45) is 0. The lowest BCUT2D eigenvalue weighted by atomic mass is 9.96. The van der Waals surface area contributed by atoms with Crippen molar-refractivity contribution in [3.63, 3.8) is 0 Å². The summed E-state index contributed by atoms with van der Waals surface area (Å²) in [4.78, 5) is 12.9. The van der Waals surface area contributed by atoms with E-state index in [1.54, 1.807) is 6.07 Å². The van der Waals surface area contributed by atoms with Crippen molar-refractivity contribution < 1.29 is 4.39 Å². The number of aryl methyl sites for hydroxylation is 2. The SMILES string of the molecule is Cc1ccc(C)c2cc3cc4c(=O)c5cc(F)ccc5sc4cc3cc12. The van der Waals surface area contributed by atoms with E-state index >= 15 is 0 Å². The maximum Gasteiger partial charge on any atom is 0.195 e. The van der Waals surface area contributed by atoms with Crippen LogP contribution in [0.4, 0.5) is 4.39 Å². The smallest absolute Gasteiger partial charge is 0.195 e. The zero-order valence-electron chi connectivity index (χ0n) is 14.4. The van der Waals surface area contributed by atoms with Crippen LogP contribution in [-0.4, -0.2) is 0 Å². The maximum absolute atomic E-state index is 13.6. The molecule has 126 valence electrons. The van der Waals surface area contributed by atoms with Crippen molar-refractivity contribution in [3.05, 3.63) is 81.8 Å². The summed E-state index contributed by atoms with van der Waals surface area (Å²) < 4.78 is 15.3. The van der Waals surface area contributed by atoms with Gasteiger partial charge in [-0.3, -0.25) is 4.79 Å². The lowest BCUT2D eigenvalue weighted by Gasteiger charge is -2.09. The molecular weight excluding hydrogens is 343 g/mol. The van der Waals surface area contributed by atoms with Crippen LogP contribution >= 0.6 is 11.3 Å². The van der Waals surface area contributed by atoms with Gasteiger partial charge in [-0.25, -0.2) is 4.39 Å². The van der Waals surface area contributed by atoms with Crippen LogP contribution in [0.25, 0.3) is 41.7 Å². The van der Waals surface area contributed by atoms with Gasteiger partial charge in [-0.15, -0.1) is 11.3 Å². The fraction of sp³-hybridized carbons (Fsp3) is 0.0870. The van der Waals surface area contributed by atoms with E-state index in [2.05, 4.69) is 44.2 Å². The lowest BCUT2D eigenvalue weighted by Crippen LogP contribution is -2.01. The molecule has 1 heterocycles. The standard InChI is InChI=1S/C23H15FOS/c1-12-3-4-13(2)18-8-15-10-22-19(9-14(15)7-17(12)18)23(25)20-11-16(24)5-6-21(20)26-22/h3-11H,1-2H3. The first kappa shape index (κ1) is 15.5. The molecule has 0 aliphatic rings. The van der Waals surface area contributed by atoms with Gasteiger partial charge >= 0.3 is 0 Å². The summed E-state index contributed by atoms with van der Waals surface area (Å²) in [6.45, 7) is 4.22. The predicted molar refractivity (Wildman–Crippen MR) is 110 cm³/mol. The fourth-order valence-electron chi connectivity index (χ4n) is 3.70. The second kappa shape index (κ2) is 5.36. The van der Waals surface area contributed by atoms with Crippen molar-refractivity contribution in [1.29, 1.82) is 0 Å². The Morgan fingerprint density at radius 1 is 0.692 bits per heavy atom. The summed E-state index contributed by atoms with van der Waals surface area (Å²) in [5.74, 6) is -0.376. The minimum absolute atomic E-state index is 0.101. The van der Waals surface area contributed by atoms with E-state index in [-0.39, 0.29) is 11.2 Å². The molecule has 3 heteroatoms. The molecule has 5 aromatic rings. The topological polar surface area (TPSA) is 17.1 Å². The molecule has 4 aromatic carbocycles. The summed E-state index contributed by atoms with van der Waals surface area (Å²) in [7, 11) is 0. The average Bonchev–Trinajstić information content (AvgIpc) is 2.63. The molecule has 1 aromatic heterocycles. The van der Waals surface area contributed by atoms with E-state index in [4.69, 9.17) is 0 Å². The molecule has 5 rings (SSSR count). The molecule has 0 bridgehead atoms. The normalized spacial score (nSPS) is 11.8. The highest BCUT2D eigenvalue weighted by atomic mass is 32.1. The Labute approximate surface area is 153 Å². The zero-order valence-corrected chi connectivity index (χ0v) is 15.2. The van der Waals surface area contributed by atoms with E-state index in [0.29, 0.717) is 10.8 Å². The number of fused-ring (bicyclic) bond motifs is 4. The Balaban J connectivity index is 1.97. The van der Waals surface area contributed by atoms with Crippen LogP contribution in [-0.2, 0) is 0 Å². The third kappa shape index (κ3) is 2.17. The summed E-state index contributed by atoms with van der Waals surface area (Å²) in [5.41, 5.74) is 2.37. The minimum Gasteiger partial charge on any atom is -0.289 e. The molecule has 0 aliphatic heterocycles. The highest BCUT2D eigenvalue weighted by Gasteiger charge is 2.10. The van der Waals surface area contributed by atoms with Gasteiger partial charge in [0.2, 0.25) is 0 Å². The van der Waals surface area contributed by atoms with E-state index in [9.17, 15) is 9.18 Å². The molecule has 0 unspecified atom stereocenters. The molecular formula is C23H15FOS. The number of hydrogen-bond acceptors (Lipinski definition) is 2. The van der Waals surface area contributed by atoms with E-state index in [0.717, 1.165) is 20.2 Å². The van der Waals surface area contributed by atoms with Crippen LogP contribution in [0.2, 0.25) is 0 Å². The Morgan fingerprint density at radius 3 is 1.96 bits per heavy atom. The monoisotopic (exact) mass is 358 g/mol. The molecule has 26 heavy (non-hydrogen) atoms. The lowest BCUT2D eigenvalue weighted by molar-refractivity contribution is 0.630. The van der Waals surface area contributed by atoms with Crippen molar-refractivity contribution in [2.45, 2.75) is 13.8 Å². The van der Waals surface area contributed by atoms with E-state index in [1.165, 1.54) is 45.4 Å². The first-order chi connectivity index (χ1) is 12.5. The Kier molecular flexibility index (Phi) is 3.19. The Morgan fingerprint density at radius 2 is 1.27 bits per heavy atom. The first-order valence-corrected chi connectivity index (χ1v) is 9.33. The van der Waals surface area contributed by atoms with Gasteiger partial charge in [0.15, 0.2) is 5.43 Å². The van der Waals surface area contributed by atoms with Crippen LogP contribution in [0.15, 0.2) is 59.4 Å². The number of halogens is 1. The second-order valence-electron chi connectivity index (χ2n) is 6.86. The van der Waals surface area contributed by atoms with E-state index < -0.39 is 0 Å². The van der Waals surface area contributed by atoms with Crippen LogP contribution in [0.5, 0.6) is 0 Å². The zero-order chi connectivity index (χ0) is 18.0. The van der Waals surface area contributed by atoms with Crippen molar-refractivity contribution in [1.82, 2.24) is 0 Å². The minimum atomic E-state index is -0.376. The first-order valence-electron chi connectivity index (χ1n) is 8.51. The number of hydrogen-bond donors (Lipinski definition) is 0. The highest BCUT2D eigenvalue weighted by molar-refractivity contribution is 7.24. The molecule has 0 atom stereocenters. The Bertz CT molecular complexity index is 1430. The van der Waals surface area contributed by atoms with E-state index in [1.807, 2.05) is 6.07 Å². The number of benzene rings is 4. The van der Waals surface area contributed by atoms with Crippen LogP contribution in [0.3, 0.4) is 0 Å². The van der Waals surface area contributed by atoms with Gasteiger partial charge in [-0.1, -0.05) is 12.1 Å². The summed E-state index contributed by atoms with van der Waals surface area (Å²) in [5, 5.41) is 5.72. The van der Waals surface area contributed by atoms with Crippen molar-refractivity contribution in [2.75, 3.05) is 0 Å². The van der Waals surface area contributed by atoms with Gasteiger partial charge in [0, 0.05) is 20.2 Å². The molecule has 0 saturated carbocycles. The largest absolute Gasteiger partial charge is 0.289 e. The summed E-state index contributed by atoms with van der Waals surface area (Å²) in [6, 6.07) is 17.1. The van der Waals surface area contributed by atoms with Crippen molar-refractivity contribution >= 4 is 53.1 Å².